The summed E-state index contributed by atoms with van der Waals surface area (Å²) in [5.41, 5.74) is 6.20. The minimum absolute atomic E-state index is 0. The van der Waals surface area contributed by atoms with Crippen molar-refractivity contribution in [1.82, 2.24) is 0 Å². The molecule has 3 N–H and O–H groups in total. The minimum atomic E-state index is 0. The Morgan fingerprint density at radius 2 is 1.91 bits per heavy atom. The fraction of sp³-hybridized carbons (Fsp3) is 0.588. The van der Waals surface area contributed by atoms with Gasteiger partial charge in [0, 0.05) is 18.7 Å². The van der Waals surface area contributed by atoms with Gasteiger partial charge in [-0.2, -0.15) is 0 Å². The summed E-state index contributed by atoms with van der Waals surface area (Å²) in [7, 11) is 0. The Bertz CT molecular complexity index is 431. The summed E-state index contributed by atoms with van der Waals surface area (Å²) in [4.78, 5) is 11.9. The largest absolute Gasteiger partial charge is 0.492 e. The number of hydrogen-bond donors (Lipinski definition) is 2. The molecule has 22 heavy (non-hydrogen) atoms. The molecule has 1 aromatic carbocycles. The molecule has 0 saturated heterocycles. The second-order valence-corrected chi connectivity index (χ2v) is 5.75. The van der Waals surface area contributed by atoms with Crippen molar-refractivity contribution < 1.29 is 9.53 Å². The molecule has 0 aromatic heterocycles. The van der Waals surface area contributed by atoms with Crippen LogP contribution in [0.1, 0.15) is 44.9 Å². The fourth-order valence-corrected chi connectivity index (χ4v) is 2.89. The Labute approximate surface area is 139 Å². The maximum atomic E-state index is 11.9. The maximum absolute atomic E-state index is 11.9. The minimum Gasteiger partial charge on any atom is -0.492 e. The lowest BCUT2D eigenvalue weighted by atomic mass is 10.0. The molecular weight excluding hydrogens is 300 g/mol. The molecular formula is C17H27ClN2O2. The van der Waals surface area contributed by atoms with Gasteiger partial charge in [-0.1, -0.05) is 25.7 Å². The van der Waals surface area contributed by atoms with E-state index >= 15 is 0 Å². The number of carbonyl (C=O) groups excluding carboxylic acids is 1. The molecule has 5 heteroatoms. The van der Waals surface area contributed by atoms with Crippen molar-refractivity contribution in [3.05, 3.63) is 24.3 Å². The van der Waals surface area contributed by atoms with Gasteiger partial charge in [-0.05, 0) is 43.0 Å². The Morgan fingerprint density at radius 3 is 2.55 bits per heavy atom. The van der Waals surface area contributed by atoms with Crippen LogP contribution in [0.4, 0.5) is 5.69 Å². The number of hydrogen-bond acceptors (Lipinski definition) is 3. The number of nitrogens with two attached hydrogens (primary N) is 1. The van der Waals surface area contributed by atoms with Gasteiger partial charge < -0.3 is 15.8 Å². The first-order valence-electron chi connectivity index (χ1n) is 8.00. The van der Waals surface area contributed by atoms with Crippen molar-refractivity contribution in [2.24, 2.45) is 11.7 Å². The molecule has 0 spiro atoms. The number of anilines is 1. The first-order chi connectivity index (χ1) is 10.3. The number of benzene rings is 1. The molecule has 1 aliphatic carbocycles. The van der Waals surface area contributed by atoms with E-state index in [2.05, 4.69) is 5.32 Å². The van der Waals surface area contributed by atoms with Crippen molar-refractivity contribution in [1.29, 1.82) is 0 Å². The number of nitrogens with one attached hydrogen (secondary N) is 1. The quantitative estimate of drug-likeness (QED) is 0.764. The molecule has 1 saturated carbocycles. The van der Waals surface area contributed by atoms with Crippen molar-refractivity contribution >= 4 is 24.0 Å². The van der Waals surface area contributed by atoms with Gasteiger partial charge in [-0.15, -0.1) is 12.4 Å². The lowest BCUT2D eigenvalue weighted by Crippen LogP contribution is -2.12. The van der Waals surface area contributed by atoms with Crippen molar-refractivity contribution in [2.75, 3.05) is 18.5 Å². The van der Waals surface area contributed by atoms with Crippen LogP contribution in [0.2, 0.25) is 0 Å². The molecule has 124 valence electrons. The first kappa shape index (κ1) is 18.8. The predicted molar refractivity (Wildman–Crippen MR) is 92.7 cm³/mol. The standard InChI is InChI=1S/C17H26N2O2.ClH/c18-12-13-21-16-10-8-15(9-11-16)19-17(20)7-3-6-14-4-1-2-5-14;/h8-11,14H,1-7,12-13,18H2,(H,19,20);1H. The zero-order valence-corrected chi connectivity index (χ0v) is 13.9. The van der Waals surface area contributed by atoms with Crippen LogP contribution >= 0.6 is 12.4 Å². The molecule has 4 nitrogen and oxygen atoms in total. The monoisotopic (exact) mass is 326 g/mol. The number of halogens is 1. The molecule has 1 amide bonds. The van der Waals surface area contributed by atoms with Gasteiger partial charge in [-0.25, -0.2) is 0 Å². The van der Waals surface area contributed by atoms with Crippen molar-refractivity contribution in [3.63, 3.8) is 0 Å². The van der Waals surface area contributed by atoms with Gasteiger partial charge in [0.05, 0.1) is 0 Å². The number of rotatable bonds is 8. The molecule has 0 radical (unpaired) electrons. The van der Waals surface area contributed by atoms with Crippen LogP contribution in [-0.4, -0.2) is 19.1 Å². The molecule has 1 aliphatic rings. The van der Waals surface area contributed by atoms with E-state index < -0.39 is 0 Å². The lowest BCUT2D eigenvalue weighted by molar-refractivity contribution is -0.116. The van der Waals surface area contributed by atoms with Gasteiger partial charge in [0.2, 0.25) is 5.91 Å². The number of ether oxygens (including phenoxy) is 1. The van der Waals surface area contributed by atoms with Gasteiger partial charge in [0.1, 0.15) is 12.4 Å². The van der Waals surface area contributed by atoms with Crippen LogP contribution in [0.25, 0.3) is 0 Å². The van der Waals surface area contributed by atoms with E-state index in [4.69, 9.17) is 10.5 Å². The molecule has 0 unspecified atom stereocenters. The van der Waals surface area contributed by atoms with Gasteiger partial charge >= 0.3 is 0 Å². The summed E-state index contributed by atoms with van der Waals surface area (Å²) in [6.07, 6.45) is 8.25. The Hall–Kier alpha value is -1.26. The SMILES string of the molecule is Cl.NCCOc1ccc(NC(=O)CCCC2CCCC2)cc1. The second-order valence-electron chi connectivity index (χ2n) is 5.75. The maximum Gasteiger partial charge on any atom is 0.224 e. The summed E-state index contributed by atoms with van der Waals surface area (Å²) in [6.45, 7) is 1.01. The van der Waals surface area contributed by atoms with E-state index in [1.54, 1.807) is 0 Å². The van der Waals surface area contributed by atoms with E-state index in [0.717, 1.165) is 23.8 Å². The molecule has 1 aromatic rings. The summed E-state index contributed by atoms with van der Waals surface area (Å²) >= 11 is 0. The Kier molecular flexibility index (Phi) is 8.94. The third-order valence-corrected chi connectivity index (χ3v) is 4.02. The van der Waals surface area contributed by atoms with Crippen LogP contribution in [0.15, 0.2) is 24.3 Å². The molecule has 2 rings (SSSR count). The van der Waals surface area contributed by atoms with Crippen molar-refractivity contribution in [3.8, 4) is 5.75 Å². The van der Waals surface area contributed by atoms with Crippen LogP contribution in [0, 0.1) is 5.92 Å². The molecule has 0 bridgehead atoms. The van der Waals surface area contributed by atoms with Gasteiger partial charge in [0.15, 0.2) is 0 Å². The number of carbonyl (C=O) groups is 1. The topological polar surface area (TPSA) is 64.3 Å². The second kappa shape index (κ2) is 10.5. The highest BCUT2D eigenvalue weighted by Crippen LogP contribution is 2.29. The van der Waals surface area contributed by atoms with E-state index in [1.165, 1.54) is 32.1 Å². The normalized spacial score (nSPS) is 14.4. The lowest BCUT2D eigenvalue weighted by Gasteiger charge is -2.09. The zero-order chi connectivity index (χ0) is 14.9. The highest BCUT2D eigenvalue weighted by molar-refractivity contribution is 5.90. The molecule has 0 aliphatic heterocycles. The van der Waals surface area contributed by atoms with Gasteiger partial charge in [0.25, 0.3) is 0 Å². The van der Waals surface area contributed by atoms with Crippen LogP contribution in [0.3, 0.4) is 0 Å². The van der Waals surface area contributed by atoms with Crippen LogP contribution in [0.5, 0.6) is 5.75 Å². The van der Waals surface area contributed by atoms with Crippen LogP contribution in [-0.2, 0) is 4.79 Å². The third-order valence-electron chi connectivity index (χ3n) is 4.02. The van der Waals surface area contributed by atoms with E-state index in [9.17, 15) is 4.79 Å². The Balaban J connectivity index is 0.00000242. The third kappa shape index (κ3) is 6.67. The molecule has 1 fully saturated rings. The van der Waals surface area contributed by atoms with E-state index in [0.29, 0.717) is 19.6 Å². The summed E-state index contributed by atoms with van der Waals surface area (Å²) in [5.74, 6) is 1.74. The van der Waals surface area contributed by atoms with Crippen LogP contribution < -0.4 is 15.8 Å². The first-order valence-corrected chi connectivity index (χ1v) is 8.00. The average Bonchev–Trinajstić information content (AvgIpc) is 3.00. The highest BCUT2D eigenvalue weighted by Gasteiger charge is 2.14. The molecule has 0 atom stereocenters. The average molecular weight is 327 g/mol. The molecule has 0 heterocycles. The van der Waals surface area contributed by atoms with Crippen molar-refractivity contribution in [2.45, 2.75) is 44.9 Å². The fourth-order valence-electron chi connectivity index (χ4n) is 2.89. The zero-order valence-electron chi connectivity index (χ0n) is 13.1. The Morgan fingerprint density at radius 1 is 1.23 bits per heavy atom. The predicted octanol–water partition coefficient (Wildman–Crippen LogP) is 3.74. The smallest absolute Gasteiger partial charge is 0.224 e. The van der Waals surface area contributed by atoms with Gasteiger partial charge in [-0.3, -0.25) is 4.79 Å². The summed E-state index contributed by atoms with van der Waals surface area (Å²) in [5, 5.41) is 2.93. The highest BCUT2D eigenvalue weighted by atomic mass is 35.5. The summed E-state index contributed by atoms with van der Waals surface area (Å²) in [6, 6.07) is 7.43. The number of amides is 1. The van der Waals surface area contributed by atoms with E-state index in [-0.39, 0.29) is 18.3 Å². The summed E-state index contributed by atoms with van der Waals surface area (Å²) < 4.78 is 5.40. The van der Waals surface area contributed by atoms with E-state index in [1.807, 2.05) is 24.3 Å².